The second-order valence-corrected chi connectivity index (χ2v) is 6.21. The number of aryl methyl sites for hydroxylation is 1. The highest BCUT2D eigenvalue weighted by Gasteiger charge is 2.24. The standard InChI is InChI=1S/C16H14Cl2N2O2/c1-19-4-2-11(7-15(19)21)16(22)20-5-3-10-6-12(17)8-14(18)13(10)9-20/h2,4,6-8H,3,5,9H2,1H3. The highest BCUT2D eigenvalue weighted by molar-refractivity contribution is 6.35. The quantitative estimate of drug-likeness (QED) is 0.803. The van der Waals surface area contributed by atoms with Gasteiger partial charge >= 0.3 is 0 Å². The van der Waals surface area contributed by atoms with Gasteiger partial charge < -0.3 is 9.47 Å². The van der Waals surface area contributed by atoms with E-state index >= 15 is 0 Å². The molecule has 6 heteroatoms. The lowest BCUT2D eigenvalue weighted by Crippen LogP contribution is -2.36. The number of benzene rings is 1. The van der Waals surface area contributed by atoms with E-state index in [1.807, 2.05) is 6.07 Å². The first-order chi connectivity index (χ1) is 10.5. The van der Waals surface area contributed by atoms with Gasteiger partial charge in [0, 0.05) is 48.0 Å². The summed E-state index contributed by atoms with van der Waals surface area (Å²) in [4.78, 5) is 25.9. The Morgan fingerprint density at radius 2 is 2.00 bits per heavy atom. The van der Waals surface area contributed by atoms with Gasteiger partial charge in [0.25, 0.3) is 11.5 Å². The summed E-state index contributed by atoms with van der Waals surface area (Å²) in [6.07, 6.45) is 2.30. The van der Waals surface area contributed by atoms with E-state index in [4.69, 9.17) is 23.2 Å². The maximum atomic E-state index is 12.6. The SMILES string of the molecule is Cn1ccc(C(=O)N2CCc3cc(Cl)cc(Cl)c3C2)cc1=O. The van der Waals surface area contributed by atoms with Crippen molar-refractivity contribution in [3.8, 4) is 0 Å². The van der Waals surface area contributed by atoms with Crippen LogP contribution < -0.4 is 5.56 Å². The van der Waals surface area contributed by atoms with Crippen molar-refractivity contribution in [2.75, 3.05) is 6.54 Å². The first-order valence-corrected chi connectivity index (χ1v) is 7.64. The third kappa shape index (κ3) is 2.76. The molecule has 0 atom stereocenters. The van der Waals surface area contributed by atoms with Crippen LogP contribution >= 0.6 is 23.2 Å². The lowest BCUT2D eigenvalue weighted by atomic mass is 9.99. The Kier molecular flexibility index (Phi) is 3.98. The van der Waals surface area contributed by atoms with Gasteiger partial charge in [0.15, 0.2) is 0 Å². The molecule has 0 saturated heterocycles. The number of carbonyl (C=O) groups is 1. The Morgan fingerprint density at radius 1 is 1.23 bits per heavy atom. The Bertz CT molecular complexity index is 814. The van der Waals surface area contributed by atoms with E-state index in [0.29, 0.717) is 35.1 Å². The van der Waals surface area contributed by atoms with E-state index in [9.17, 15) is 9.59 Å². The van der Waals surface area contributed by atoms with Crippen LogP contribution in [0.1, 0.15) is 21.5 Å². The fraction of sp³-hybridized carbons (Fsp3) is 0.250. The molecular formula is C16H14Cl2N2O2. The zero-order valence-corrected chi connectivity index (χ0v) is 13.5. The summed E-state index contributed by atoms with van der Waals surface area (Å²) in [5.41, 5.74) is 2.20. The molecule has 0 unspecified atom stereocenters. The molecule has 0 radical (unpaired) electrons. The largest absolute Gasteiger partial charge is 0.334 e. The number of rotatable bonds is 1. The van der Waals surface area contributed by atoms with E-state index in [-0.39, 0.29) is 11.5 Å². The molecule has 1 aliphatic rings. The van der Waals surface area contributed by atoms with Crippen LogP contribution in [-0.2, 0) is 20.0 Å². The summed E-state index contributed by atoms with van der Waals surface area (Å²) in [7, 11) is 1.65. The molecule has 1 aromatic heterocycles. The van der Waals surface area contributed by atoms with Crippen LogP contribution in [0.3, 0.4) is 0 Å². The maximum Gasteiger partial charge on any atom is 0.254 e. The van der Waals surface area contributed by atoms with Crippen molar-refractivity contribution in [2.24, 2.45) is 7.05 Å². The number of halogens is 2. The highest BCUT2D eigenvalue weighted by Crippen LogP contribution is 2.30. The molecule has 2 aromatic rings. The fourth-order valence-corrected chi connectivity index (χ4v) is 3.22. The second-order valence-electron chi connectivity index (χ2n) is 5.37. The van der Waals surface area contributed by atoms with Crippen molar-refractivity contribution in [2.45, 2.75) is 13.0 Å². The topological polar surface area (TPSA) is 42.3 Å². The number of pyridine rings is 1. The first-order valence-electron chi connectivity index (χ1n) is 6.88. The van der Waals surface area contributed by atoms with Gasteiger partial charge in [0.1, 0.15) is 0 Å². The van der Waals surface area contributed by atoms with Crippen LogP contribution in [0, 0.1) is 0 Å². The average molecular weight is 337 g/mol. The minimum absolute atomic E-state index is 0.158. The van der Waals surface area contributed by atoms with Gasteiger partial charge in [-0.25, -0.2) is 0 Å². The van der Waals surface area contributed by atoms with Crippen LogP contribution in [0.15, 0.2) is 35.3 Å². The van der Waals surface area contributed by atoms with E-state index in [1.54, 1.807) is 30.3 Å². The number of amides is 1. The molecule has 0 N–H and O–H groups in total. The van der Waals surface area contributed by atoms with E-state index in [1.165, 1.54) is 10.6 Å². The van der Waals surface area contributed by atoms with E-state index < -0.39 is 0 Å². The number of carbonyl (C=O) groups excluding carboxylic acids is 1. The molecule has 0 saturated carbocycles. The predicted octanol–water partition coefficient (Wildman–Crippen LogP) is 2.89. The van der Waals surface area contributed by atoms with Crippen molar-refractivity contribution in [3.05, 3.63) is 67.6 Å². The number of aromatic nitrogens is 1. The lowest BCUT2D eigenvalue weighted by Gasteiger charge is -2.29. The normalized spacial score (nSPS) is 13.9. The van der Waals surface area contributed by atoms with Gasteiger partial charge in [-0.2, -0.15) is 0 Å². The minimum Gasteiger partial charge on any atom is -0.334 e. The third-order valence-corrected chi connectivity index (χ3v) is 4.45. The predicted molar refractivity (Wildman–Crippen MR) is 86.6 cm³/mol. The zero-order valence-electron chi connectivity index (χ0n) is 12.0. The number of fused-ring (bicyclic) bond motifs is 1. The van der Waals surface area contributed by atoms with E-state index in [2.05, 4.69) is 0 Å². The van der Waals surface area contributed by atoms with Gasteiger partial charge in [0.05, 0.1) is 0 Å². The summed E-state index contributed by atoms with van der Waals surface area (Å²) in [6, 6.07) is 6.60. The summed E-state index contributed by atoms with van der Waals surface area (Å²) in [5, 5.41) is 1.18. The maximum absolute atomic E-state index is 12.6. The van der Waals surface area contributed by atoms with Gasteiger partial charge in [-0.15, -0.1) is 0 Å². The van der Waals surface area contributed by atoms with Gasteiger partial charge in [0.2, 0.25) is 0 Å². The number of hydrogen-bond acceptors (Lipinski definition) is 2. The highest BCUT2D eigenvalue weighted by atomic mass is 35.5. The number of hydrogen-bond donors (Lipinski definition) is 0. The average Bonchev–Trinajstić information content (AvgIpc) is 2.49. The Hall–Kier alpha value is -1.78. The van der Waals surface area contributed by atoms with Crippen molar-refractivity contribution in [1.82, 2.24) is 9.47 Å². The monoisotopic (exact) mass is 336 g/mol. The Balaban J connectivity index is 1.89. The minimum atomic E-state index is -0.201. The molecule has 1 amide bonds. The number of nitrogens with zero attached hydrogens (tertiary/aromatic N) is 2. The van der Waals surface area contributed by atoms with Crippen molar-refractivity contribution >= 4 is 29.1 Å². The molecule has 1 aliphatic heterocycles. The first kappa shape index (κ1) is 15.1. The molecule has 0 aliphatic carbocycles. The van der Waals surface area contributed by atoms with Crippen LogP contribution in [0.5, 0.6) is 0 Å². The van der Waals surface area contributed by atoms with E-state index in [0.717, 1.165) is 11.1 Å². The molecule has 0 fully saturated rings. The molecule has 0 bridgehead atoms. The molecular weight excluding hydrogens is 323 g/mol. The molecule has 114 valence electrons. The molecule has 3 rings (SSSR count). The van der Waals surface area contributed by atoms with Crippen LogP contribution in [0.4, 0.5) is 0 Å². The van der Waals surface area contributed by atoms with Crippen molar-refractivity contribution in [1.29, 1.82) is 0 Å². The van der Waals surface area contributed by atoms with Crippen molar-refractivity contribution in [3.63, 3.8) is 0 Å². The zero-order chi connectivity index (χ0) is 15.9. The lowest BCUT2D eigenvalue weighted by molar-refractivity contribution is 0.0734. The van der Waals surface area contributed by atoms with Crippen LogP contribution in [0.25, 0.3) is 0 Å². The molecule has 22 heavy (non-hydrogen) atoms. The molecule has 4 nitrogen and oxygen atoms in total. The molecule has 2 heterocycles. The van der Waals surface area contributed by atoms with Gasteiger partial charge in [-0.1, -0.05) is 23.2 Å². The summed E-state index contributed by atoms with van der Waals surface area (Å²) >= 11 is 12.2. The summed E-state index contributed by atoms with van der Waals surface area (Å²) in [6.45, 7) is 1.01. The third-order valence-electron chi connectivity index (χ3n) is 3.89. The Morgan fingerprint density at radius 3 is 2.73 bits per heavy atom. The van der Waals surface area contributed by atoms with Crippen LogP contribution in [0.2, 0.25) is 10.0 Å². The van der Waals surface area contributed by atoms with Crippen LogP contribution in [-0.4, -0.2) is 21.9 Å². The summed E-state index contributed by atoms with van der Waals surface area (Å²) < 4.78 is 1.43. The smallest absolute Gasteiger partial charge is 0.254 e. The van der Waals surface area contributed by atoms with Crippen molar-refractivity contribution < 1.29 is 4.79 Å². The second kappa shape index (κ2) is 5.78. The summed E-state index contributed by atoms with van der Waals surface area (Å²) in [5.74, 6) is -0.158. The Labute approximate surface area is 137 Å². The van der Waals surface area contributed by atoms with Gasteiger partial charge in [-0.05, 0) is 35.7 Å². The van der Waals surface area contributed by atoms with Gasteiger partial charge in [-0.3, -0.25) is 9.59 Å². The fourth-order valence-electron chi connectivity index (χ4n) is 2.62. The molecule has 0 spiro atoms. The molecule has 1 aromatic carbocycles.